The summed E-state index contributed by atoms with van der Waals surface area (Å²) in [6.45, 7) is 4.78. The molecule has 2 aliphatic rings. The zero-order valence-corrected chi connectivity index (χ0v) is 19.1. The molecule has 9 heteroatoms. The lowest BCUT2D eigenvalue weighted by atomic mass is 9.75. The molecule has 8 nitrogen and oxygen atoms in total. The number of carbonyl (C=O) groups excluding carboxylic acids is 2. The van der Waals surface area contributed by atoms with Crippen LogP contribution in [0.5, 0.6) is 5.75 Å². The molecule has 1 amide bonds. The summed E-state index contributed by atoms with van der Waals surface area (Å²) in [5, 5.41) is 7.80. The minimum absolute atomic E-state index is 0.0135. The predicted molar refractivity (Wildman–Crippen MR) is 118 cm³/mol. The number of halogens is 1. The molecule has 33 heavy (non-hydrogen) atoms. The van der Waals surface area contributed by atoms with Gasteiger partial charge in [0.1, 0.15) is 5.69 Å². The highest BCUT2D eigenvalue weighted by Gasteiger charge is 2.39. The van der Waals surface area contributed by atoms with Crippen LogP contribution in [0.1, 0.15) is 58.3 Å². The number of aromatic nitrogens is 2. The largest absolute Gasteiger partial charge is 0.494 e. The third kappa shape index (κ3) is 4.88. The van der Waals surface area contributed by atoms with Gasteiger partial charge in [-0.15, -0.1) is 0 Å². The monoisotopic (exact) mass is 459 g/mol. The van der Waals surface area contributed by atoms with Gasteiger partial charge < -0.3 is 19.5 Å². The van der Waals surface area contributed by atoms with Crippen molar-refractivity contribution in [3.63, 3.8) is 0 Å². The van der Waals surface area contributed by atoms with Gasteiger partial charge in [-0.3, -0.25) is 9.48 Å². The van der Waals surface area contributed by atoms with Crippen LogP contribution in [0.4, 0.5) is 4.39 Å². The lowest BCUT2D eigenvalue weighted by molar-refractivity contribution is 0.0160. The van der Waals surface area contributed by atoms with Crippen molar-refractivity contribution in [3.05, 3.63) is 46.5 Å². The van der Waals surface area contributed by atoms with Crippen LogP contribution < -0.4 is 10.1 Å². The Balaban J connectivity index is 1.43. The highest BCUT2D eigenvalue weighted by Crippen LogP contribution is 2.37. The summed E-state index contributed by atoms with van der Waals surface area (Å²) in [5.74, 6) is -1.21. The van der Waals surface area contributed by atoms with E-state index in [0.717, 1.165) is 36.6 Å². The lowest BCUT2D eigenvalue weighted by Gasteiger charge is -2.36. The molecule has 0 bridgehead atoms. The summed E-state index contributed by atoms with van der Waals surface area (Å²) >= 11 is 0. The number of ether oxygens (including phenoxy) is 3. The van der Waals surface area contributed by atoms with Crippen molar-refractivity contribution in [1.82, 2.24) is 15.1 Å². The van der Waals surface area contributed by atoms with E-state index in [-0.39, 0.29) is 29.2 Å². The van der Waals surface area contributed by atoms with E-state index < -0.39 is 11.8 Å². The summed E-state index contributed by atoms with van der Waals surface area (Å²) in [6, 6.07) is 3.98. The number of hydrogen-bond acceptors (Lipinski definition) is 6. The maximum absolute atomic E-state index is 13.8. The second kappa shape index (κ2) is 9.91. The van der Waals surface area contributed by atoms with Gasteiger partial charge in [0.2, 0.25) is 0 Å². The van der Waals surface area contributed by atoms with Gasteiger partial charge >= 0.3 is 5.97 Å². The Hall–Kier alpha value is -2.94. The number of carbonyl (C=O) groups is 2. The van der Waals surface area contributed by atoms with Crippen LogP contribution in [0.15, 0.2) is 18.2 Å². The maximum atomic E-state index is 13.8. The zero-order chi connectivity index (χ0) is 23.4. The standard InChI is InChI=1S/C24H30FN3O5/c1-3-28-21-17(14-24(15-26-22(21)29)8-11-32-12-9-24)19(27-28)5-4-10-33-23(30)16-6-7-20(31-2)18(25)13-16/h6-7,13H,3-5,8-12,14-15H2,1-2H3,(H,26,29). The number of methoxy groups -OCH3 is 1. The quantitative estimate of drug-likeness (QED) is 0.506. The first-order valence-corrected chi connectivity index (χ1v) is 11.4. The molecular weight excluding hydrogens is 429 g/mol. The fourth-order valence-corrected chi connectivity index (χ4v) is 4.65. The molecular formula is C24H30FN3O5. The van der Waals surface area contributed by atoms with Gasteiger partial charge in [-0.25, -0.2) is 9.18 Å². The summed E-state index contributed by atoms with van der Waals surface area (Å²) in [6.07, 6.45) is 3.72. The summed E-state index contributed by atoms with van der Waals surface area (Å²) in [4.78, 5) is 25.1. The van der Waals surface area contributed by atoms with Crippen molar-refractivity contribution in [1.29, 1.82) is 0 Å². The minimum atomic E-state index is -0.611. The minimum Gasteiger partial charge on any atom is -0.494 e. The van der Waals surface area contributed by atoms with Crippen molar-refractivity contribution in [2.45, 2.75) is 45.6 Å². The van der Waals surface area contributed by atoms with Crippen LogP contribution in [0.3, 0.4) is 0 Å². The van der Waals surface area contributed by atoms with E-state index in [4.69, 9.17) is 19.3 Å². The summed E-state index contributed by atoms with van der Waals surface area (Å²) < 4.78 is 31.4. The summed E-state index contributed by atoms with van der Waals surface area (Å²) in [7, 11) is 1.37. The van der Waals surface area contributed by atoms with Gasteiger partial charge in [-0.2, -0.15) is 5.10 Å². The first kappa shape index (κ1) is 23.2. The molecule has 0 unspecified atom stereocenters. The van der Waals surface area contributed by atoms with E-state index in [2.05, 4.69) is 5.32 Å². The fourth-order valence-electron chi connectivity index (χ4n) is 4.65. The normalized spacial score (nSPS) is 17.2. The van der Waals surface area contributed by atoms with Crippen LogP contribution in [0, 0.1) is 11.2 Å². The molecule has 1 aromatic heterocycles. The number of nitrogens with zero attached hydrogens (tertiary/aromatic N) is 2. The number of amides is 1. The van der Waals surface area contributed by atoms with E-state index in [9.17, 15) is 14.0 Å². The number of aryl methyl sites for hydroxylation is 2. The van der Waals surface area contributed by atoms with Crippen LogP contribution in [0.2, 0.25) is 0 Å². The Kier molecular flexibility index (Phi) is 6.97. The average molecular weight is 460 g/mol. The van der Waals surface area contributed by atoms with E-state index >= 15 is 0 Å². The van der Waals surface area contributed by atoms with Gasteiger partial charge in [0, 0.05) is 31.9 Å². The first-order valence-electron chi connectivity index (χ1n) is 11.4. The van der Waals surface area contributed by atoms with E-state index in [1.807, 2.05) is 6.92 Å². The first-order chi connectivity index (χ1) is 16.0. The van der Waals surface area contributed by atoms with Gasteiger partial charge in [-0.1, -0.05) is 0 Å². The highest BCUT2D eigenvalue weighted by molar-refractivity contribution is 5.94. The molecule has 1 spiro atoms. The van der Waals surface area contributed by atoms with Gasteiger partial charge in [0.25, 0.3) is 5.91 Å². The Morgan fingerprint density at radius 1 is 1.33 bits per heavy atom. The van der Waals surface area contributed by atoms with Crippen molar-refractivity contribution in [3.8, 4) is 5.75 Å². The van der Waals surface area contributed by atoms with E-state index in [1.165, 1.54) is 19.2 Å². The van der Waals surface area contributed by atoms with Crippen molar-refractivity contribution in [2.75, 3.05) is 33.5 Å². The molecule has 4 rings (SSSR count). The Morgan fingerprint density at radius 2 is 2.12 bits per heavy atom. The smallest absolute Gasteiger partial charge is 0.338 e. The fraction of sp³-hybridized carbons (Fsp3) is 0.542. The second-order valence-corrected chi connectivity index (χ2v) is 8.65. The highest BCUT2D eigenvalue weighted by atomic mass is 19.1. The van der Waals surface area contributed by atoms with Gasteiger partial charge in [-0.05, 0) is 62.6 Å². The molecule has 1 saturated heterocycles. The molecule has 178 valence electrons. The molecule has 1 aromatic carbocycles. The number of nitrogens with one attached hydrogen (secondary N) is 1. The number of benzene rings is 1. The van der Waals surface area contributed by atoms with Crippen LogP contribution >= 0.6 is 0 Å². The van der Waals surface area contributed by atoms with Crippen molar-refractivity contribution < 1.29 is 28.2 Å². The van der Waals surface area contributed by atoms with Gasteiger partial charge in [0.05, 0.1) is 25.0 Å². The average Bonchev–Trinajstić information content (AvgIpc) is 3.10. The van der Waals surface area contributed by atoms with Crippen LogP contribution in [0.25, 0.3) is 0 Å². The molecule has 2 aliphatic heterocycles. The third-order valence-corrected chi connectivity index (χ3v) is 6.56. The van der Waals surface area contributed by atoms with Gasteiger partial charge in [0.15, 0.2) is 11.6 Å². The van der Waals surface area contributed by atoms with Crippen LogP contribution in [-0.2, 0) is 28.9 Å². The summed E-state index contributed by atoms with van der Waals surface area (Å²) in [5.41, 5.74) is 2.64. The SMILES string of the molecule is CCn1nc(CCCOC(=O)c2ccc(OC)c(F)c2)c2c1C(=O)NCC1(CCOCC1)C2. The third-order valence-electron chi connectivity index (χ3n) is 6.56. The van der Waals surface area contributed by atoms with Crippen molar-refractivity contribution >= 4 is 11.9 Å². The lowest BCUT2D eigenvalue weighted by Crippen LogP contribution is -2.40. The Bertz CT molecular complexity index is 1030. The Morgan fingerprint density at radius 3 is 2.82 bits per heavy atom. The molecule has 0 aliphatic carbocycles. The second-order valence-electron chi connectivity index (χ2n) is 8.65. The number of rotatable bonds is 7. The number of hydrogen-bond donors (Lipinski definition) is 1. The molecule has 0 atom stereocenters. The Labute approximate surface area is 192 Å². The maximum Gasteiger partial charge on any atom is 0.338 e. The zero-order valence-electron chi connectivity index (χ0n) is 19.1. The molecule has 0 radical (unpaired) electrons. The molecule has 2 aromatic rings. The van der Waals surface area contributed by atoms with Crippen LogP contribution in [-0.4, -0.2) is 55.1 Å². The molecule has 1 fully saturated rings. The van der Waals surface area contributed by atoms with E-state index in [0.29, 0.717) is 44.8 Å². The topological polar surface area (TPSA) is 91.7 Å². The molecule has 3 heterocycles. The molecule has 1 N–H and O–H groups in total. The molecule has 0 saturated carbocycles. The predicted octanol–water partition coefficient (Wildman–Crippen LogP) is 2.92. The van der Waals surface area contributed by atoms with E-state index in [1.54, 1.807) is 4.68 Å². The number of fused-ring (bicyclic) bond motifs is 1. The number of esters is 1. The van der Waals surface area contributed by atoms with Crippen molar-refractivity contribution in [2.24, 2.45) is 5.41 Å².